The lowest BCUT2D eigenvalue weighted by Gasteiger charge is -2.17. The molecule has 1 aliphatic rings. The lowest BCUT2D eigenvalue weighted by atomic mass is 10.1. The number of hydrogen-bond acceptors (Lipinski definition) is 4. The lowest BCUT2D eigenvalue weighted by Crippen LogP contribution is -2.30. The van der Waals surface area contributed by atoms with Gasteiger partial charge < -0.3 is 9.47 Å². The van der Waals surface area contributed by atoms with Crippen molar-refractivity contribution in [3.8, 4) is 0 Å². The predicted octanol–water partition coefficient (Wildman–Crippen LogP) is 3.74. The number of nitrogens with zero attached hydrogens (tertiary/aromatic N) is 4. The Labute approximate surface area is 169 Å². The number of amides is 1. The SMILES string of the molecule is C=CCn1c(Cc2ccccc2)nnc1SCC(=O)N1CCc2ccccc21. The smallest absolute Gasteiger partial charge is 0.237 e. The standard InChI is InChI=1S/C22H22N4OS/c1-2-13-26-20(15-17-8-4-3-5-9-17)23-24-22(26)28-16-21(27)25-14-12-18-10-6-7-11-19(18)25/h2-11H,1,12-16H2. The molecule has 0 unspecified atom stereocenters. The summed E-state index contributed by atoms with van der Waals surface area (Å²) in [7, 11) is 0. The molecule has 0 atom stereocenters. The van der Waals surface area contributed by atoms with E-state index in [1.165, 1.54) is 22.9 Å². The largest absolute Gasteiger partial charge is 0.311 e. The number of carbonyl (C=O) groups is 1. The summed E-state index contributed by atoms with van der Waals surface area (Å²) in [5.74, 6) is 1.33. The molecule has 4 rings (SSSR count). The van der Waals surface area contributed by atoms with Gasteiger partial charge in [-0.15, -0.1) is 16.8 Å². The molecule has 1 aromatic heterocycles. The van der Waals surface area contributed by atoms with Gasteiger partial charge in [-0.2, -0.15) is 0 Å². The third-order valence-electron chi connectivity index (χ3n) is 4.82. The van der Waals surface area contributed by atoms with E-state index in [9.17, 15) is 4.79 Å². The van der Waals surface area contributed by atoms with Crippen molar-refractivity contribution >= 4 is 23.4 Å². The number of anilines is 1. The van der Waals surface area contributed by atoms with Gasteiger partial charge in [0.2, 0.25) is 5.91 Å². The van der Waals surface area contributed by atoms with Gasteiger partial charge in [0.15, 0.2) is 5.16 Å². The molecule has 0 saturated heterocycles. The first-order valence-electron chi connectivity index (χ1n) is 9.34. The minimum absolute atomic E-state index is 0.104. The number of thioether (sulfide) groups is 1. The molecule has 5 nitrogen and oxygen atoms in total. The van der Waals surface area contributed by atoms with Crippen LogP contribution in [0.5, 0.6) is 0 Å². The molecule has 0 bridgehead atoms. The Hall–Kier alpha value is -2.86. The molecule has 0 fully saturated rings. The van der Waals surface area contributed by atoms with Crippen LogP contribution in [0, 0.1) is 0 Å². The van der Waals surface area contributed by atoms with Crippen LogP contribution in [0.1, 0.15) is 17.0 Å². The van der Waals surface area contributed by atoms with Crippen LogP contribution < -0.4 is 4.90 Å². The number of hydrogen-bond donors (Lipinski definition) is 0. The van der Waals surface area contributed by atoms with Crippen molar-refractivity contribution in [3.63, 3.8) is 0 Å². The van der Waals surface area contributed by atoms with Crippen LogP contribution in [0.25, 0.3) is 0 Å². The first-order chi connectivity index (χ1) is 13.8. The van der Waals surface area contributed by atoms with Crippen LogP contribution in [-0.4, -0.2) is 33.0 Å². The summed E-state index contributed by atoms with van der Waals surface area (Å²) in [5.41, 5.74) is 3.45. The fourth-order valence-corrected chi connectivity index (χ4v) is 4.29. The van der Waals surface area contributed by atoms with E-state index >= 15 is 0 Å². The normalized spacial score (nSPS) is 12.8. The number of carbonyl (C=O) groups excluding carboxylic acids is 1. The number of rotatable bonds is 7. The van der Waals surface area contributed by atoms with Gasteiger partial charge in [-0.25, -0.2) is 0 Å². The lowest BCUT2D eigenvalue weighted by molar-refractivity contribution is -0.116. The van der Waals surface area contributed by atoms with Crippen LogP contribution in [0.4, 0.5) is 5.69 Å². The van der Waals surface area contributed by atoms with E-state index in [1.807, 2.05) is 51.9 Å². The number of allylic oxidation sites excluding steroid dienone is 1. The Balaban J connectivity index is 1.46. The molecule has 0 N–H and O–H groups in total. The monoisotopic (exact) mass is 390 g/mol. The predicted molar refractivity (Wildman–Crippen MR) is 113 cm³/mol. The molecule has 6 heteroatoms. The molecule has 0 saturated carbocycles. The maximum absolute atomic E-state index is 12.8. The van der Waals surface area contributed by atoms with E-state index in [2.05, 4.69) is 35.0 Å². The minimum atomic E-state index is 0.104. The van der Waals surface area contributed by atoms with Crippen molar-refractivity contribution in [1.29, 1.82) is 0 Å². The van der Waals surface area contributed by atoms with Gasteiger partial charge in [0, 0.05) is 25.2 Å². The van der Waals surface area contributed by atoms with Crippen molar-refractivity contribution in [2.75, 3.05) is 17.2 Å². The molecule has 142 valence electrons. The Morgan fingerprint density at radius 3 is 2.71 bits per heavy atom. The third kappa shape index (κ3) is 3.87. The van der Waals surface area contributed by atoms with E-state index in [0.29, 0.717) is 18.7 Å². The number of benzene rings is 2. The van der Waals surface area contributed by atoms with E-state index in [1.54, 1.807) is 0 Å². The van der Waals surface area contributed by atoms with Gasteiger partial charge in [-0.1, -0.05) is 66.4 Å². The highest BCUT2D eigenvalue weighted by Crippen LogP contribution is 2.29. The molecule has 28 heavy (non-hydrogen) atoms. The molecule has 1 aliphatic heterocycles. The maximum Gasteiger partial charge on any atom is 0.237 e. The molecule has 3 aromatic rings. The van der Waals surface area contributed by atoms with Crippen molar-refractivity contribution in [3.05, 3.63) is 84.2 Å². The summed E-state index contributed by atoms with van der Waals surface area (Å²) in [4.78, 5) is 14.7. The maximum atomic E-state index is 12.8. The topological polar surface area (TPSA) is 51.0 Å². The Kier molecular flexibility index (Phi) is 5.58. The molecular weight excluding hydrogens is 368 g/mol. The molecule has 1 amide bonds. The number of fused-ring (bicyclic) bond motifs is 1. The Morgan fingerprint density at radius 2 is 1.89 bits per heavy atom. The van der Waals surface area contributed by atoms with Crippen molar-refractivity contribution in [2.24, 2.45) is 0 Å². The van der Waals surface area contributed by atoms with Crippen LogP contribution in [0.3, 0.4) is 0 Å². The van der Waals surface area contributed by atoms with E-state index < -0.39 is 0 Å². The van der Waals surface area contributed by atoms with Crippen molar-refractivity contribution in [2.45, 2.75) is 24.5 Å². The molecule has 0 spiro atoms. The first-order valence-corrected chi connectivity index (χ1v) is 10.3. The third-order valence-corrected chi connectivity index (χ3v) is 5.77. The van der Waals surface area contributed by atoms with Gasteiger partial charge in [-0.05, 0) is 23.6 Å². The quantitative estimate of drug-likeness (QED) is 0.456. The van der Waals surface area contributed by atoms with Crippen LogP contribution in [-0.2, 0) is 24.2 Å². The molecule has 2 aromatic carbocycles. The van der Waals surface area contributed by atoms with Crippen LogP contribution in [0.2, 0.25) is 0 Å². The second-order valence-corrected chi connectivity index (χ2v) is 7.62. The summed E-state index contributed by atoms with van der Waals surface area (Å²) < 4.78 is 2.04. The average molecular weight is 391 g/mol. The van der Waals surface area contributed by atoms with Gasteiger partial charge in [0.25, 0.3) is 0 Å². The van der Waals surface area contributed by atoms with Gasteiger partial charge in [-0.3, -0.25) is 4.79 Å². The van der Waals surface area contributed by atoms with Crippen LogP contribution >= 0.6 is 11.8 Å². The van der Waals surface area contributed by atoms with Gasteiger partial charge in [0.1, 0.15) is 5.82 Å². The Bertz CT molecular complexity index is 983. The number of para-hydroxylation sites is 1. The highest BCUT2D eigenvalue weighted by molar-refractivity contribution is 7.99. The van der Waals surface area contributed by atoms with Crippen molar-refractivity contribution in [1.82, 2.24) is 14.8 Å². The molecule has 0 aliphatic carbocycles. The highest BCUT2D eigenvalue weighted by atomic mass is 32.2. The minimum Gasteiger partial charge on any atom is -0.311 e. The van der Waals surface area contributed by atoms with E-state index in [4.69, 9.17) is 0 Å². The van der Waals surface area contributed by atoms with E-state index in [0.717, 1.165) is 29.6 Å². The van der Waals surface area contributed by atoms with E-state index in [-0.39, 0.29) is 5.91 Å². The summed E-state index contributed by atoms with van der Waals surface area (Å²) in [5, 5.41) is 9.45. The zero-order chi connectivity index (χ0) is 19.3. The average Bonchev–Trinajstić information content (AvgIpc) is 3.32. The van der Waals surface area contributed by atoms with Gasteiger partial charge in [0.05, 0.1) is 5.75 Å². The zero-order valence-corrected chi connectivity index (χ0v) is 16.4. The summed E-state index contributed by atoms with van der Waals surface area (Å²) in [6, 6.07) is 18.3. The fraction of sp³-hybridized carbons (Fsp3) is 0.227. The van der Waals surface area contributed by atoms with Gasteiger partial charge >= 0.3 is 0 Å². The molecular formula is C22H22N4OS. The highest BCUT2D eigenvalue weighted by Gasteiger charge is 2.24. The molecule has 2 heterocycles. The summed E-state index contributed by atoms with van der Waals surface area (Å²) in [6.07, 6.45) is 3.45. The van der Waals surface area contributed by atoms with Crippen LogP contribution in [0.15, 0.2) is 72.4 Å². The second kappa shape index (κ2) is 8.44. The molecule has 0 radical (unpaired) electrons. The Morgan fingerprint density at radius 1 is 1.11 bits per heavy atom. The van der Waals surface area contributed by atoms with Crippen molar-refractivity contribution < 1.29 is 4.79 Å². The summed E-state index contributed by atoms with van der Waals surface area (Å²) >= 11 is 1.44. The second-order valence-electron chi connectivity index (χ2n) is 6.67. The zero-order valence-electron chi connectivity index (χ0n) is 15.6. The fourth-order valence-electron chi connectivity index (χ4n) is 3.45. The first kappa shape index (κ1) is 18.5. The number of aromatic nitrogens is 3. The summed E-state index contributed by atoms with van der Waals surface area (Å²) in [6.45, 7) is 5.22.